The number of para-hydroxylation sites is 1. The normalized spacial score (nSPS) is 11.3. The van der Waals surface area contributed by atoms with Gasteiger partial charge in [0.05, 0.1) is 26.7 Å². The molecule has 0 aliphatic rings. The Morgan fingerprint density at radius 3 is 2.56 bits per heavy atom. The third-order valence-corrected chi connectivity index (χ3v) is 5.69. The minimum atomic E-state index is -4.05. The minimum absolute atomic E-state index is 0.0174. The first-order valence-electron chi connectivity index (χ1n) is 9.17. The Morgan fingerprint density at radius 1 is 1.03 bits per heavy atom. The molecule has 0 saturated carbocycles. The summed E-state index contributed by atoms with van der Waals surface area (Å²) in [5, 5.41) is 6.71. The van der Waals surface area contributed by atoms with Crippen LogP contribution in [0.5, 0.6) is 5.75 Å². The molecule has 3 aromatic carbocycles. The largest absolute Gasteiger partial charge is 0.370 e. The molecule has 0 radical (unpaired) electrons. The number of hydrogen-bond donors (Lipinski definition) is 1. The zero-order chi connectivity index (χ0) is 22.9. The topological polar surface area (TPSA) is 103 Å². The molecule has 4 rings (SSSR count). The van der Waals surface area contributed by atoms with Crippen LogP contribution < -0.4 is 15.0 Å². The van der Waals surface area contributed by atoms with E-state index in [1.807, 2.05) is 6.07 Å². The van der Waals surface area contributed by atoms with E-state index in [0.717, 1.165) is 22.6 Å². The Kier molecular flexibility index (Phi) is 5.79. The molecule has 0 saturated heterocycles. The Hall–Kier alpha value is -3.53. The maximum atomic E-state index is 13.5. The number of carbonyl (C=O) groups excluding carboxylic acids is 1. The molecule has 10 heteroatoms. The number of pyridine rings is 1. The fraction of sp³-hybridized carbons (Fsp3) is 0. The number of carbonyl (C=O) groups is 1. The number of nitrogens with zero attached hydrogens (tertiary/aromatic N) is 2. The third-order valence-electron chi connectivity index (χ3n) is 4.49. The van der Waals surface area contributed by atoms with Crippen LogP contribution in [0.15, 0.2) is 83.9 Å². The van der Waals surface area contributed by atoms with Crippen molar-refractivity contribution in [3.63, 3.8) is 0 Å². The third kappa shape index (κ3) is 4.54. The van der Waals surface area contributed by atoms with Crippen molar-refractivity contribution in [1.82, 2.24) is 4.98 Å². The molecule has 0 unspecified atom stereocenters. The van der Waals surface area contributed by atoms with E-state index < -0.39 is 21.7 Å². The summed E-state index contributed by atoms with van der Waals surface area (Å²) in [5.74, 6) is -1.26. The van der Waals surface area contributed by atoms with Crippen LogP contribution in [-0.2, 0) is 10.0 Å². The Morgan fingerprint density at radius 2 is 1.81 bits per heavy atom. The number of hydrogen-bond acceptors (Lipinski definition) is 5. The Balaban J connectivity index is 1.81. The standard InChI is InChI=1S/C22H15ClFN3O4S/c23-19-11-16(24)8-9-21(19)31-27(17-5-3-6-18(12-17)32(25,29)30)22(28)15-10-14-4-1-2-7-20(14)26-13-15/h1-13H,(H2,25,29,30). The van der Waals surface area contributed by atoms with Crippen LogP contribution in [0.1, 0.15) is 10.4 Å². The van der Waals surface area contributed by atoms with Gasteiger partial charge in [0.15, 0.2) is 5.75 Å². The predicted molar refractivity (Wildman–Crippen MR) is 118 cm³/mol. The number of benzene rings is 3. The van der Waals surface area contributed by atoms with E-state index in [1.54, 1.807) is 24.3 Å². The molecule has 4 aromatic rings. The molecular weight excluding hydrogens is 457 g/mol. The monoisotopic (exact) mass is 471 g/mol. The van der Waals surface area contributed by atoms with Gasteiger partial charge in [-0.1, -0.05) is 35.9 Å². The first-order chi connectivity index (χ1) is 15.2. The molecule has 0 bridgehead atoms. The lowest BCUT2D eigenvalue weighted by Gasteiger charge is -2.23. The van der Waals surface area contributed by atoms with Crippen molar-refractivity contribution in [2.24, 2.45) is 5.14 Å². The molecule has 0 spiro atoms. The van der Waals surface area contributed by atoms with Crippen molar-refractivity contribution in [2.45, 2.75) is 4.90 Å². The van der Waals surface area contributed by atoms with Crippen molar-refractivity contribution in [1.29, 1.82) is 0 Å². The molecule has 0 atom stereocenters. The summed E-state index contributed by atoms with van der Waals surface area (Å²) in [6.07, 6.45) is 1.37. The van der Waals surface area contributed by atoms with Crippen LogP contribution in [0, 0.1) is 5.82 Å². The van der Waals surface area contributed by atoms with Crippen molar-refractivity contribution in [2.75, 3.05) is 5.06 Å². The lowest BCUT2D eigenvalue weighted by molar-refractivity contribution is 0.0880. The number of amides is 1. The number of fused-ring (bicyclic) bond motifs is 1. The van der Waals surface area contributed by atoms with Crippen LogP contribution in [0.25, 0.3) is 10.9 Å². The molecule has 2 N–H and O–H groups in total. The Bertz CT molecular complexity index is 1450. The molecule has 0 aliphatic carbocycles. The Labute approximate surface area is 187 Å². The van der Waals surface area contributed by atoms with E-state index in [0.29, 0.717) is 5.52 Å². The van der Waals surface area contributed by atoms with Crippen molar-refractivity contribution >= 4 is 44.1 Å². The van der Waals surface area contributed by atoms with Gasteiger partial charge in [-0.3, -0.25) is 9.78 Å². The van der Waals surface area contributed by atoms with Crippen LogP contribution in [0.2, 0.25) is 5.02 Å². The predicted octanol–water partition coefficient (Wildman–Crippen LogP) is 4.32. The van der Waals surface area contributed by atoms with Crippen molar-refractivity contribution in [3.8, 4) is 5.75 Å². The van der Waals surface area contributed by atoms with E-state index in [4.69, 9.17) is 21.6 Å². The van der Waals surface area contributed by atoms with Gasteiger partial charge in [0.1, 0.15) is 5.82 Å². The van der Waals surface area contributed by atoms with Gasteiger partial charge in [-0.25, -0.2) is 17.9 Å². The summed E-state index contributed by atoms with van der Waals surface area (Å²) in [4.78, 5) is 23.2. The van der Waals surface area contributed by atoms with Gasteiger partial charge in [-0.2, -0.15) is 0 Å². The molecule has 1 heterocycles. The van der Waals surface area contributed by atoms with Crippen LogP contribution in [-0.4, -0.2) is 19.3 Å². The zero-order valence-electron chi connectivity index (χ0n) is 16.3. The SMILES string of the molecule is NS(=O)(=O)c1cccc(N(Oc2ccc(F)cc2Cl)C(=O)c2cnc3ccccc3c2)c1. The molecule has 162 valence electrons. The van der Waals surface area contributed by atoms with Gasteiger partial charge < -0.3 is 4.84 Å². The van der Waals surface area contributed by atoms with Gasteiger partial charge in [-0.05, 0) is 48.5 Å². The van der Waals surface area contributed by atoms with Gasteiger partial charge >= 0.3 is 0 Å². The van der Waals surface area contributed by atoms with Crippen LogP contribution >= 0.6 is 11.6 Å². The van der Waals surface area contributed by atoms with E-state index in [-0.39, 0.29) is 26.9 Å². The second-order valence-corrected chi connectivity index (χ2v) is 8.69. The quantitative estimate of drug-likeness (QED) is 0.437. The number of rotatable bonds is 5. The molecular formula is C22H15ClFN3O4S. The van der Waals surface area contributed by atoms with E-state index in [1.165, 1.54) is 36.5 Å². The van der Waals surface area contributed by atoms with Crippen LogP contribution in [0.3, 0.4) is 0 Å². The summed E-state index contributed by atoms with van der Waals surface area (Å²) in [5.41, 5.74) is 0.923. The highest BCUT2D eigenvalue weighted by atomic mass is 35.5. The van der Waals surface area contributed by atoms with Gasteiger partial charge in [0.25, 0.3) is 5.91 Å². The lowest BCUT2D eigenvalue weighted by atomic mass is 10.1. The fourth-order valence-corrected chi connectivity index (χ4v) is 3.71. The second-order valence-electron chi connectivity index (χ2n) is 6.72. The summed E-state index contributed by atoms with van der Waals surface area (Å²) in [6.45, 7) is 0. The molecule has 32 heavy (non-hydrogen) atoms. The highest BCUT2D eigenvalue weighted by Crippen LogP contribution is 2.29. The van der Waals surface area contributed by atoms with Gasteiger partial charge in [-0.15, -0.1) is 5.06 Å². The average molecular weight is 472 g/mol. The van der Waals surface area contributed by atoms with E-state index in [9.17, 15) is 17.6 Å². The lowest BCUT2D eigenvalue weighted by Crippen LogP contribution is -2.34. The average Bonchev–Trinajstić information content (AvgIpc) is 2.77. The summed E-state index contributed by atoms with van der Waals surface area (Å²) in [7, 11) is -4.05. The molecule has 7 nitrogen and oxygen atoms in total. The smallest absolute Gasteiger partial charge is 0.292 e. The summed E-state index contributed by atoms with van der Waals surface area (Å²) < 4.78 is 37.1. The second kappa shape index (κ2) is 8.54. The van der Waals surface area contributed by atoms with E-state index in [2.05, 4.69) is 4.98 Å². The van der Waals surface area contributed by atoms with Crippen molar-refractivity contribution < 1.29 is 22.4 Å². The maximum absolute atomic E-state index is 13.5. The number of primary sulfonamides is 1. The fourth-order valence-electron chi connectivity index (χ4n) is 2.95. The number of nitrogens with two attached hydrogens (primary N) is 1. The number of sulfonamides is 1. The van der Waals surface area contributed by atoms with E-state index >= 15 is 0 Å². The molecule has 1 aromatic heterocycles. The minimum Gasteiger partial charge on any atom is -0.370 e. The zero-order valence-corrected chi connectivity index (χ0v) is 17.8. The van der Waals surface area contributed by atoms with Gasteiger partial charge in [0, 0.05) is 11.6 Å². The number of anilines is 1. The summed E-state index contributed by atoms with van der Waals surface area (Å²) in [6, 6.07) is 17.6. The molecule has 1 amide bonds. The molecule has 0 aliphatic heterocycles. The highest BCUT2D eigenvalue weighted by molar-refractivity contribution is 7.89. The first-order valence-corrected chi connectivity index (χ1v) is 11.1. The summed E-state index contributed by atoms with van der Waals surface area (Å²) >= 11 is 6.06. The number of aromatic nitrogens is 1. The van der Waals surface area contributed by atoms with Crippen LogP contribution in [0.4, 0.5) is 10.1 Å². The van der Waals surface area contributed by atoms with Crippen molar-refractivity contribution in [3.05, 3.63) is 95.4 Å². The highest BCUT2D eigenvalue weighted by Gasteiger charge is 2.24. The van der Waals surface area contributed by atoms with Gasteiger partial charge in [0.2, 0.25) is 10.0 Å². The first kappa shape index (κ1) is 21.7. The number of hydroxylamine groups is 1. The number of halogens is 2. The maximum Gasteiger partial charge on any atom is 0.292 e. The molecule has 0 fully saturated rings.